The van der Waals surface area contributed by atoms with Crippen LogP contribution in [0.1, 0.15) is 50.8 Å². The zero-order chi connectivity index (χ0) is 26.4. The minimum atomic E-state index is -0.672. The molecule has 0 radical (unpaired) electrons. The minimum Gasteiger partial charge on any atom is -0.327 e. The number of amides is 2. The molecular weight excluding hydrogens is 480 g/mol. The molecule has 2 aliphatic heterocycles. The minimum absolute atomic E-state index is 0.178. The Hall–Kier alpha value is -3.79. The highest BCUT2D eigenvalue weighted by molar-refractivity contribution is 6.40. The van der Waals surface area contributed by atoms with Gasteiger partial charge in [-0.2, -0.15) is 10.2 Å². The summed E-state index contributed by atoms with van der Waals surface area (Å²) >= 11 is 0. The molecule has 3 aromatic heterocycles. The number of benzene rings is 1. The van der Waals surface area contributed by atoms with E-state index in [-0.39, 0.29) is 6.04 Å². The van der Waals surface area contributed by atoms with Gasteiger partial charge in [0.05, 0.1) is 41.2 Å². The number of aromatic amines is 1. The Kier molecular flexibility index (Phi) is 6.35. The molecule has 0 saturated carbocycles. The lowest BCUT2D eigenvalue weighted by atomic mass is 9.89. The predicted octanol–water partition coefficient (Wildman–Crippen LogP) is 3.76. The van der Waals surface area contributed by atoms with E-state index in [0.717, 1.165) is 54.2 Å². The van der Waals surface area contributed by atoms with Gasteiger partial charge in [0.2, 0.25) is 0 Å². The second-order valence-corrected chi connectivity index (χ2v) is 11.2. The van der Waals surface area contributed by atoms with Crippen molar-refractivity contribution in [3.63, 3.8) is 0 Å². The number of anilines is 1. The third-order valence-corrected chi connectivity index (χ3v) is 8.21. The summed E-state index contributed by atoms with van der Waals surface area (Å²) in [7, 11) is 2.17. The summed E-state index contributed by atoms with van der Waals surface area (Å²) < 4.78 is 2.13. The Morgan fingerprint density at radius 3 is 2.76 bits per heavy atom. The fraction of sp³-hybridized carbons (Fsp3) is 0.464. The number of carbonyl (C=O) groups is 2. The van der Waals surface area contributed by atoms with Crippen LogP contribution < -0.4 is 5.32 Å². The van der Waals surface area contributed by atoms with E-state index in [9.17, 15) is 9.59 Å². The molecular formula is C28H34N8O2. The molecule has 0 unspecified atom stereocenters. The summed E-state index contributed by atoms with van der Waals surface area (Å²) in [5, 5.41) is 16.4. The molecule has 10 heteroatoms. The lowest BCUT2D eigenvalue weighted by Crippen LogP contribution is -2.46. The van der Waals surface area contributed by atoms with Crippen molar-refractivity contribution in [2.75, 3.05) is 32.0 Å². The fourth-order valence-electron chi connectivity index (χ4n) is 6.15. The van der Waals surface area contributed by atoms with Crippen molar-refractivity contribution < 1.29 is 9.59 Å². The smallest absolute Gasteiger partial charge is 0.314 e. The molecule has 0 spiro atoms. The number of aromatic nitrogens is 5. The van der Waals surface area contributed by atoms with Crippen molar-refractivity contribution >= 4 is 39.3 Å². The van der Waals surface area contributed by atoms with Crippen molar-refractivity contribution in [3.05, 3.63) is 48.5 Å². The quantitative estimate of drug-likeness (QED) is 0.403. The lowest BCUT2D eigenvalue weighted by molar-refractivity contribution is -0.146. The number of nitrogens with one attached hydrogen (secondary N) is 2. The van der Waals surface area contributed by atoms with Crippen LogP contribution in [0.4, 0.5) is 5.69 Å². The molecule has 0 aliphatic carbocycles. The van der Waals surface area contributed by atoms with Gasteiger partial charge in [-0.05, 0) is 56.3 Å². The van der Waals surface area contributed by atoms with Gasteiger partial charge in [0.15, 0.2) is 0 Å². The zero-order valence-corrected chi connectivity index (χ0v) is 22.1. The Balaban J connectivity index is 1.25. The van der Waals surface area contributed by atoms with Crippen LogP contribution >= 0.6 is 0 Å². The van der Waals surface area contributed by atoms with Crippen molar-refractivity contribution in [2.24, 2.45) is 11.8 Å². The van der Waals surface area contributed by atoms with E-state index in [1.807, 2.05) is 0 Å². The molecule has 2 saturated heterocycles. The number of piperidine rings is 2. The zero-order valence-electron chi connectivity index (χ0n) is 22.1. The van der Waals surface area contributed by atoms with Crippen molar-refractivity contribution in [1.29, 1.82) is 0 Å². The summed E-state index contributed by atoms with van der Waals surface area (Å²) in [6.07, 6.45) is 9.84. The Morgan fingerprint density at radius 1 is 1.05 bits per heavy atom. The molecule has 0 bridgehead atoms. The summed E-state index contributed by atoms with van der Waals surface area (Å²) in [6, 6.07) is 6.48. The molecule has 5 heterocycles. The third-order valence-electron chi connectivity index (χ3n) is 8.21. The summed E-state index contributed by atoms with van der Waals surface area (Å²) in [4.78, 5) is 34.9. The lowest BCUT2D eigenvalue weighted by Gasteiger charge is -2.38. The number of fused-ring (bicyclic) bond motifs is 2. The van der Waals surface area contributed by atoms with E-state index in [1.165, 1.54) is 6.20 Å². The highest BCUT2D eigenvalue weighted by Crippen LogP contribution is 2.35. The molecule has 1 aromatic carbocycles. The van der Waals surface area contributed by atoms with Crippen LogP contribution in [-0.2, 0) is 9.59 Å². The van der Waals surface area contributed by atoms with Gasteiger partial charge in [-0.3, -0.25) is 24.4 Å². The summed E-state index contributed by atoms with van der Waals surface area (Å²) in [5.41, 5.74) is 3.03. The second-order valence-electron chi connectivity index (χ2n) is 11.2. The van der Waals surface area contributed by atoms with Crippen molar-refractivity contribution in [1.82, 2.24) is 34.8 Å². The van der Waals surface area contributed by atoms with Gasteiger partial charge in [-0.25, -0.2) is 0 Å². The first-order valence-electron chi connectivity index (χ1n) is 13.4. The van der Waals surface area contributed by atoms with E-state index in [1.54, 1.807) is 17.3 Å². The van der Waals surface area contributed by atoms with Crippen molar-refractivity contribution in [3.8, 4) is 0 Å². The third kappa shape index (κ3) is 4.53. The number of hydrogen-bond acceptors (Lipinski definition) is 6. The summed E-state index contributed by atoms with van der Waals surface area (Å²) in [5.74, 6) is -0.371. The Morgan fingerprint density at radius 2 is 1.92 bits per heavy atom. The van der Waals surface area contributed by atoms with E-state index in [4.69, 9.17) is 5.10 Å². The maximum atomic E-state index is 13.5. The van der Waals surface area contributed by atoms with Gasteiger partial charge in [-0.15, -0.1) is 0 Å². The Bertz CT molecular complexity index is 1490. The van der Waals surface area contributed by atoms with Crippen LogP contribution in [0.25, 0.3) is 21.8 Å². The monoisotopic (exact) mass is 514 g/mol. The maximum Gasteiger partial charge on any atom is 0.314 e. The predicted molar refractivity (Wildman–Crippen MR) is 145 cm³/mol. The van der Waals surface area contributed by atoms with Crippen LogP contribution in [0, 0.1) is 11.8 Å². The van der Waals surface area contributed by atoms with Gasteiger partial charge in [0.25, 0.3) is 0 Å². The molecule has 4 atom stereocenters. The second kappa shape index (κ2) is 9.83. The highest BCUT2D eigenvalue weighted by atomic mass is 16.2. The van der Waals surface area contributed by atoms with Gasteiger partial charge < -0.3 is 15.1 Å². The number of H-pyrrole nitrogens is 1. The number of nitrogens with zero attached hydrogens (tertiary/aromatic N) is 6. The summed E-state index contributed by atoms with van der Waals surface area (Å²) in [6.45, 7) is 7.08. The largest absolute Gasteiger partial charge is 0.327 e. The number of pyridine rings is 1. The standard InChI is InChI=1S/C28H34N8O2/c1-17-4-7-25(35(14-17)28(38)27(37)31-23-13-29-11-21-12-30-32-26(21)23)19-5-6-20-16-36(33-22(20)10-19)24-8-9-34(3)15-18(24)2/h5-6,10-13,16-18,24-25H,4,7-9,14-15H2,1-3H3,(H,30,32)(H,31,37)/t17-,18+,24+,25+/m0/s1. The number of hydrogen-bond donors (Lipinski definition) is 2. The topological polar surface area (TPSA) is 112 Å². The van der Waals surface area contributed by atoms with Crippen LogP contribution in [0.2, 0.25) is 0 Å². The molecule has 2 fully saturated rings. The molecule has 38 heavy (non-hydrogen) atoms. The highest BCUT2D eigenvalue weighted by Gasteiger charge is 2.35. The van der Waals surface area contributed by atoms with Crippen LogP contribution in [0.15, 0.2) is 43.0 Å². The first-order chi connectivity index (χ1) is 18.4. The fourth-order valence-corrected chi connectivity index (χ4v) is 6.15. The first kappa shape index (κ1) is 24.5. The molecule has 198 valence electrons. The van der Waals surface area contributed by atoms with E-state index in [2.05, 4.69) is 75.4 Å². The molecule has 6 rings (SSSR count). The number of likely N-dealkylation sites (tertiary alicyclic amines) is 2. The van der Waals surface area contributed by atoms with Crippen molar-refractivity contribution in [2.45, 2.75) is 45.2 Å². The normalized spacial score (nSPS) is 24.7. The van der Waals surface area contributed by atoms with E-state index in [0.29, 0.717) is 35.6 Å². The molecule has 10 nitrogen and oxygen atoms in total. The van der Waals surface area contributed by atoms with E-state index >= 15 is 0 Å². The van der Waals surface area contributed by atoms with Gasteiger partial charge in [-0.1, -0.05) is 26.0 Å². The Labute approximate surface area is 221 Å². The molecule has 2 aliphatic rings. The number of carbonyl (C=O) groups excluding carboxylic acids is 2. The maximum absolute atomic E-state index is 13.5. The SMILES string of the molecule is C[C@H]1CC[C@H](c2ccc3cn([C@@H]4CCN(C)C[C@H]4C)nc3c2)N(C(=O)C(=O)Nc2cncc3cn[nH]c23)C1. The molecule has 2 N–H and O–H groups in total. The number of rotatable bonds is 3. The average Bonchev–Trinajstić information content (AvgIpc) is 3.55. The average molecular weight is 515 g/mol. The first-order valence-corrected chi connectivity index (χ1v) is 13.4. The van der Waals surface area contributed by atoms with Gasteiger partial charge >= 0.3 is 11.8 Å². The van der Waals surface area contributed by atoms with Crippen LogP contribution in [0.3, 0.4) is 0 Å². The van der Waals surface area contributed by atoms with Crippen LogP contribution in [-0.4, -0.2) is 73.3 Å². The van der Waals surface area contributed by atoms with Gasteiger partial charge in [0.1, 0.15) is 0 Å². The van der Waals surface area contributed by atoms with Crippen LogP contribution in [0.5, 0.6) is 0 Å². The van der Waals surface area contributed by atoms with Gasteiger partial charge in [0, 0.05) is 36.3 Å². The van der Waals surface area contributed by atoms with E-state index < -0.39 is 11.8 Å². The molecule has 4 aromatic rings. The molecule has 2 amide bonds.